The second-order valence-corrected chi connectivity index (χ2v) is 4.53. The minimum absolute atomic E-state index is 0.663. The number of aromatic nitrogens is 2. The standard InChI is InChI=1S/C10H9BrN2OS/c1-14-8-4-2-7(3-5-8)6-9-12-10(11)13-15-9/h2-5H,6H2,1H3. The summed E-state index contributed by atoms with van der Waals surface area (Å²) in [6.07, 6.45) is 0.813. The van der Waals surface area contributed by atoms with E-state index in [0.717, 1.165) is 17.2 Å². The summed E-state index contributed by atoms with van der Waals surface area (Å²) >= 11 is 4.65. The normalized spacial score (nSPS) is 10.3. The molecule has 0 saturated heterocycles. The van der Waals surface area contributed by atoms with Crippen LogP contribution in [0.5, 0.6) is 5.75 Å². The van der Waals surface area contributed by atoms with Crippen LogP contribution in [0, 0.1) is 0 Å². The van der Waals surface area contributed by atoms with E-state index in [4.69, 9.17) is 4.74 Å². The van der Waals surface area contributed by atoms with E-state index in [1.165, 1.54) is 17.1 Å². The minimum atomic E-state index is 0.663. The topological polar surface area (TPSA) is 35.0 Å². The lowest BCUT2D eigenvalue weighted by molar-refractivity contribution is 0.414. The molecule has 3 nitrogen and oxygen atoms in total. The quantitative estimate of drug-likeness (QED) is 0.869. The highest BCUT2D eigenvalue weighted by Gasteiger charge is 2.02. The molecule has 0 saturated carbocycles. The van der Waals surface area contributed by atoms with Crippen LogP contribution in [0.3, 0.4) is 0 Å². The highest BCUT2D eigenvalue weighted by Crippen LogP contribution is 2.17. The molecular formula is C10H9BrN2OS. The van der Waals surface area contributed by atoms with Crippen molar-refractivity contribution in [2.75, 3.05) is 7.11 Å². The Morgan fingerprint density at radius 3 is 2.60 bits per heavy atom. The van der Waals surface area contributed by atoms with Crippen LogP contribution in [0.25, 0.3) is 0 Å². The van der Waals surface area contributed by atoms with Crippen LogP contribution in [0.4, 0.5) is 0 Å². The van der Waals surface area contributed by atoms with Crippen molar-refractivity contribution in [2.24, 2.45) is 0 Å². The highest BCUT2D eigenvalue weighted by atomic mass is 79.9. The molecule has 0 atom stereocenters. The first kappa shape index (κ1) is 10.6. The summed E-state index contributed by atoms with van der Waals surface area (Å²) in [5.41, 5.74) is 1.21. The van der Waals surface area contributed by atoms with E-state index >= 15 is 0 Å². The Kier molecular flexibility index (Phi) is 3.33. The molecule has 0 bridgehead atoms. The number of benzene rings is 1. The van der Waals surface area contributed by atoms with E-state index in [0.29, 0.717) is 4.73 Å². The lowest BCUT2D eigenvalue weighted by Gasteiger charge is -2.00. The maximum atomic E-state index is 5.09. The van der Waals surface area contributed by atoms with Gasteiger partial charge in [0.1, 0.15) is 10.8 Å². The van der Waals surface area contributed by atoms with Gasteiger partial charge in [-0.1, -0.05) is 12.1 Å². The molecule has 0 spiro atoms. The molecule has 0 unspecified atom stereocenters. The van der Waals surface area contributed by atoms with E-state index in [1.54, 1.807) is 7.11 Å². The van der Waals surface area contributed by atoms with Crippen molar-refractivity contribution in [1.29, 1.82) is 0 Å². The molecule has 0 aliphatic heterocycles. The zero-order valence-corrected chi connectivity index (χ0v) is 10.5. The zero-order valence-electron chi connectivity index (χ0n) is 8.11. The molecule has 1 aromatic carbocycles. The van der Waals surface area contributed by atoms with Crippen molar-refractivity contribution < 1.29 is 4.74 Å². The smallest absolute Gasteiger partial charge is 0.209 e. The average molecular weight is 285 g/mol. The molecule has 1 aromatic heterocycles. The van der Waals surface area contributed by atoms with Gasteiger partial charge in [0.25, 0.3) is 0 Å². The monoisotopic (exact) mass is 284 g/mol. The maximum Gasteiger partial charge on any atom is 0.209 e. The number of halogens is 1. The number of hydrogen-bond acceptors (Lipinski definition) is 4. The Morgan fingerprint density at radius 2 is 2.07 bits per heavy atom. The van der Waals surface area contributed by atoms with Gasteiger partial charge in [0.2, 0.25) is 4.73 Å². The van der Waals surface area contributed by atoms with Gasteiger partial charge < -0.3 is 4.74 Å². The number of ether oxygens (including phenoxy) is 1. The lowest BCUT2D eigenvalue weighted by atomic mass is 10.1. The molecule has 2 aromatic rings. The summed E-state index contributed by atoms with van der Waals surface area (Å²) in [4.78, 5) is 4.24. The van der Waals surface area contributed by atoms with E-state index in [9.17, 15) is 0 Å². The van der Waals surface area contributed by atoms with Crippen LogP contribution in [-0.2, 0) is 6.42 Å². The number of hydrogen-bond donors (Lipinski definition) is 0. The third-order valence-electron chi connectivity index (χ3n) is 1.96. The molecule has 78 valence electrons. The summed E-state index contributed by atoms with van der Waals surface area (Å²) in [5, 5.41) is 1.01. The van der Waals surface area contributed by atoms with Gasteiger partial charge in [-0.2, -0.15) is 4.37 Å². The van der Waals surface area contributed by atoms with Crippen molar-refractivity contribution in [3.05, 3.63) is 39.6 Å². The lowest BCUT2D eigenvalue weighted by Crippen LogP contribution is -1.88. The third kappa shape index (κ3) is 2.76. The molecule has 15 heavy (non-hydrogen) atoms. The first-order valence-corrected chi connectivity index (χ1v) is 5.95. The Hall–Kier alpha value is -0.940. The van der Waals surface area contributed by atoms with E-state index < -0.39 is 0 Å². The van der Waals surface area contributed by atoms with Crippen molar-refractivity contribution in [2.45, 2.75) is 6.42 Å². The van der Waals surface area contributed by atoms with Gasteiger partial charge in [0.15, 0.2) is 0 Å². The predicted octanol–water partition coefficient (Wildman–Crippen LogP) is 2.90. The molecule has 0 radical (unpaired) electrons. The van der Waals surface area contributed by atoms with E-state index in [1.807, 2.05) is 24.3 Å². The largest absolute Gasteiger partial charge is 0.497 e. The Labute approximate surface area is 100 Å². The first-order valence-electron chi connectivity index (χ1n) is 4.39. The Balaban J connectivity index is 2.11. The van der Waals surface area contributed by atoms with Crippen LogP contribution >= 0.6 is 27.5 Å². The fraction of sp³-hybridized carbons (Fsp3) is 0.200. The molecule has 0 amide bonds. The summed E-state index contributed by atoms with van der Waals surface area (Å²) < 4.78 is 9.82. The third-order valence-corrected chi connectivity index (χ3v) is 3.26. The van der Waals surface area contributed by atoms with Crippen molar-refractivity contribution in [3.63, 3.8) is 0 Å². The van der Waals surface area contributed by atoms with Crippen LogP contribution < -0.4 is 4.74 Å². The minimum Gasteiger partial charge on any atom is -0.497 e. The second kappa shape index (κ2) is 4.72. The fourth-order valence-electron chi connectivity index (χ4n) is 1.22. The SMILES string of the molecule is COc1ccc(Cc2nc(Br)ns2)cc1. The van der Waals surface area contributed by atoms with Gasteiger partial charge in [-0.25, -0.2) is 4.98 Å². The van der Waals surface area contributed by atoms with E-state index in [-0.39, 0.29) is 0 Å². The Morgan fingerprint density at radius 1 is 1.33 bits per heavy atom. The molecule has 0 aliphatic rings. The molecule has 1 heterocycles. The number of rotatable bonds is 3. The van der Waals surface area contributed by atoms with Gasteiger partial charge in [0, 0.05) is 6.42 Å². The maximum absolute atomic E-state index is 5.09. The Bertz CT molecular complexity index is 441. The summed E-state index contributed by atoms with van der Waals surface area (Å²) in [5.74, 6) is 0.872. The molecule has 5 heteroatoms. The number of nitrogens with zero attached hydrogens (tertiary/aromatic N) is 2. The molecule has 0 aliphatic carbocycles. The second-order valence-electron chi connectivity index (χ2n) is 2.98. The van der Waals surface area contributed by atoms with Crippen LogP contribution in [0.2, 0.25) is 0 Å². The van der Waals surface area contributed by atoms with Crippen molar-refractivity contribution in [3.8, 4) is 5.75 Å². The highest BCUT2D eigenvalue weighted by molar-refractivity contribution is 9.10. The van der Waals surface area contributed by atoms with Gasteiger partial charge in [-0.3, -0.25) is 0 Å². The van der Waals surface area contributed by atoms with Gasteiger partial charge >= 0.3 is 0 Å². The van der Waals surface area contributed by atoms with Gasteiger partial charge in [0.05, 0.1) is 7.11 Å². The predicted molar refractivity (Wildman–Crippen MR) is 63.4 cm³/mol. The molecule has 2 rings (SSSR count). The summed E-state index contributed by atoms with van der Waals surface area (Å²) in [6, 6.07) is 7.97. The van der Waals surface area contributed by atoms with Crippen LogP contribution in [-0.4, -0.2) is 16.5 Å². The summed E-state index contributed by atoms with van der Waals surface area (Å²) in [7, 11) is 1.66. The van der Waals surface area contributed by atoms with Crippen LogP contribution in [0.1, 0.15) is 10.6 Å². The van der Waals surface area contributed by atoms with E-state index in [2.05, 4.69) is 25.3 Å². The molecule has 0 fully saturated rings. The van der Waals surface area contributed by atoms with Crippen molar-refractivity contribution in [1.82, 2.24) is 9.36 Å². The van der Waals surface area contributed by atoms with Crippen molar-refractivity contribution >= 4 is 27.5 Å². The first-order chi connectivity index (χ1) is 7.28. The van der Waals surface area contributed by atoms with Crippen LogP contribution in [0.15, 0.2) is 29.0 Å². The molecular weight excluding hydrogens is 276 g/mol. The average Bonchev–Trinajstić information content (AvgIpc) is 2.65. The zero-order chi connectivity index (χ0) is 10.7. The number of methoxy groups -OCH3 is 1. The van der Waals surface area contributed by atoms with Gasteiger partial charge in [-0.05, 0) is 45.2 Å². The summed E-state index contributed by atoms with van der Waals surface area (Å²) in [6.45, 7) is 0. The molecule has 0 N–H and O–H groups in total. The fourth-order valence-corrected chi connectivity index (χ4v) is 2.35. The van der Waals surface area contributed by atoms with Gasteiger partial charge in [-0.15, -0.1) is 0 Å².